The molecule has 7 nitrogen and oxygen atoms in total. The van der Waals surface area contributed by atoms with Gasteiger partial charge in [-0.1, -0.05) is 30.3 Å². The highest BCUT2D eigenvalue weighted by molar-refractivity contribution is 6.51. The molecule has 0 aliphatic carbocycles. The molecule has 3 aliphatic rings. The Labute approximate surface area is 140 Å². The van der Waals surface area contributed by atoms with Gasteiger partial charge in [-0.15, -0.1) is 7.05 Å². The van der Waals surface area contributed by atoms with Crippen molar-refractivity contribution in [1.29, 1.82) is 0 Å². The molecule has 1 aromatic rings. The molecule has 8 heteroatoms. The third kappa shape index (κ3) is 2.60. The molecule has 24 heavy (non-hydrogen) atoms. The first-order chi connectivity index (χ1) is 11.6. The standard InChI is InChI=1S/C16H19BN2O5/c1-19-10-12(20)23-17(24-15(21)16(19)8-5-9-18-16)14-13(22-14)11-6-3-2-4-7-11/h2-4,6-7,13-14,18-19H,1,5,8-10H2/t13?,14?,16-/m0/s1. The van der Waals surface area contributed by atoms with Crippen molar-refractivity contribution in [3.63, 3.8) is 0 Å². The van der Waals surface area contributed by atoms with E-state index in [1.54, 1.807) is 0 Å². The van der Waals surface area contributed by atoms with Crippen molar-refractivity contribution >= 4 is 19.1 Å². The topological polar surface area (TPSA) is 81.6 Å². The van der Waals surface area contributed by atoms with Crippen LogP contribution in [0.4, 0.5) is 0 Å². The highest BCUT2D eigenvalue weighted by atomic mass is 16.7. The van der Waals surface area contributed by atoms with E-state index < -0.39 is 30.7 Å². The SMILES string of the molecule is [CH2-][NH+]1CC(=O)OB(C2OC2c2ccccc2)OC(=O)[C@]12CCCN2. The number of ether oxygens (including phenoxy) is 1. The lowest BCUT2D eigenvalue weighted by Crippen LogP contribution is -3.20. The lowest BCUT2D eigenvalue weighted by Gasteiger charge is -2.39. The van der Waals surface area contributed by atoms with Crippen molar-refractivity contribution < 1.29 is 28.5 Å². The molecule has 3 aliphatic heterocycles. The molecule has 3 saturated heterocycles. The molecule has 0 saturated carbocycles. The Morgan fingerprint density at radius 1 is 1.25 bits per heavy atom. The first kappa shape index (κ1) is 15.6. The predicted molar refractivity (Wildman–Crippen MR) is 83.1 cm³/mol. The fourth-order valence-corrected chi connectivity index (χ4v) is 3.47. The van der Waals surface area contributed by atoms with Gasteiger partial charge in [0.15, 0.2) is 12.5 Å². The van der Waals surface area contributed by atoms with Crippen LogP contribution in [0.2, 0.25) is 0 Å². The highest BCUT2D eigenvalue weighted by Crippen LogP contribution is 2.41. The number of hydrogen-bond donors (Lipinski definition) is 2. The molecule has 1 aromatic carbocycles. The number of carbonyl (C=O) groups excluding carboxylic acids is 2. The van der Waals surface area contributed by atoms with Crippen molar-refractivity contribution in [3.05, 3.63) is 42.9 Å². The molecule has 2 N–H and O–H groups in total. The van der Waals surface area contributed by atoms with E-state index in [0.717, 1.165) is 12.0 Å². The largest absolute Gasteiger partial charge is 0.633 e. The van der Waals surface area contributed by atoms with Crippen LogP contribution in [0.25, 0.3) is 0 Å². The lowest BCUT2D eigenvalue weighted by atomic mass is 9.80. The van der Waals surface area contributed by atoms with E-state index in [2.05, 4.69) is 12.4 Å². The van der Waals surface area contributed by atoms with Gasteiger partial charge in [-0.3, -0.25) is 5.32 Å². The monoisotopic (exact) mass is 330 g/mol. The lowest BCUT2D eigenvalue weighted by molar-refractivity contribution is -0.895. The second kappa shape index (κ2) is 5.88. The quantitative estimate of drug-likeness (QED) is 0.412. The van der Waals surface area contributed by atoms with Crippen LogP contribution >= 0.6 is 0 Å². The van der Waals surface area contributed by atoms with Gasteiger partial charge in [-0.05, 0) is 12.0 Å². The fraction of sp³-hybridized carbons (Fsp3) is 0.438. The van der Waals surface area contributed by atoms with Crippen molar-refractivity contribution in [2.45, 2.75) is 30.6 Å². The Morgan fingerprint density at radius 2 is 2.04 bits per heavy atom. The van der Waals surface area contributed by atoms with Gasteiger partial charge in [0.1, 0.15) is 6.10 Å². The minimum atomic E-state index is -1.03. The van der Waals surface area contributed by atoms with Gasteiger partial charge >= 0.3 is 19.1 Å². The average molecular weight is 330 g/mol. The van der Waals surface area contributed by atoms with E-state index in [9.17, 15) is 9.59 Å². The zero-order valence-corrected chi connectivity index (χ0v) is 13.2. The van der Waals surface area contributed by atoms with Crippen LogP contribution in [0.1, 0.15) is 24.5 Å². The summed E-state index contributed by atoms with van der Waals surface area (Å²) in [5, 5.41) is 3.16. The minimum Gasteiger partial charge on any atom is -0.493 e. The van der Waals surface area contributed by atoms with Gasteiger partial charge in [0.05, 0.1) is 0 Å². The van der Waals surface area contributed by atoms with E-state index in [4.69, 9.17) is 14.0 Å². The summed E-state index contributed by atoms with van der Waals surface area (Å²) in [5.41, 5.74) is -0.00998. The van der Waals surface area contributed by atoms with E-state index in [-0.39, 0.29) is 12.6 Å². The summed E-state index contributed by atoms with van der Waals surface area (Å²) in [6, 6.07) is 9.12. The molecule has 1 spiro atoms. The van der Waals surface area contributed by atoms with Crippen molar-refractivity contribution in [2.75, 3.05) is 13.1 Å². The van der Waals surface area contributed by atoms with Gasteiger partial charge in [0, 0.05) is 13.0 Å². The molecular weight excluding hydrogens is 311 g/mol. The average Bonchev–Trinajstić information content (AvgIpc) is 3.21. The number of epoxide rings is 1. The Kier molecular flexibility index (Phi) is 3.82. The van der Waals surface area contributed by atoms with Gasteiger partial charge in [-0.2, -0.15) is 0 Å². The zero-order valence-electron chi connectivity index (χ0n) is 13.2. The maximum Gasteiger partial charge on any atom is 0.633 e. The summed E-state index contributed by atoms with van der Waals surface area (Å²) in [7, 11) is 2.88. The second-order valence-corrected chi connectivity index (χ2v) is 6.41. The summed E-state index contributed by atoms with van der Waals surface area (Å²) in [6.45, 7) is 0.696. The van der Waals surface area contributed by atoms with Crippen LogP contribution in [0.5, 0.6) is 0 Å². The van der Waals surface area contributed by atoms with Gasteiger partial charge in [0.2, 0.25) is 5.66 Å². The molecule has 3 heterocycles. The predicted octanol–water partition coefficient (Wildman–Crippen LogP) is -0.990. The second-order valence-electron chi connectivity index (χ2n) is 6.41. The molecule has 0 aromatic heterocycles. The first-order valence-electron chi connectivity index (χ1n) is 8.14. The summed E-state index contributed by atoms with van der Waals surface area (Å²) in [5.74, 6) is -0.891. The smallest absolute Gasteiger partial charge is 0.493 e. The molecule has 126 valence electrons. The normalized spacial score (nSPS) is 36.0. The van der Waals surface area contributed by atoms with Crippen LogP contribution in [0.3, 0.4) is 0 Å². The zero-order chi connectivity index (χ0) is 16.7. The third-order valence-corrected chi connectivity index (χ3v) is 4.86. The van der Waals surface area contributed by atoms with Crippen LogP contribution in [-0.4, -0.2) is 43.8 Å². The van der Waals surface area contributed by atoms with Crippen molar-refractivity contribution in [2.24, 2.45) is 0 Å². The molecule has 4 atom stereocenters. The Morgan fingerprint density at radius 3 is 2.75 bits per heavy atom. The maximum absolute atomic E-state index is 12.7. The molecule has 0 radical (unpaired) electrons. The molecule has 0 bridgehead atoms. The number of benzene rings is 1. The molecule has 3 unspecified atom stereocenters. The van der Waals surface area contributed by atoms with Crippen LogP contribution in [0, 0.1) is 7.05 Å². The number of quaternary nitrogens is 1. The van der Waals surface area contributed by atoms with E-state index in [0.29, 0.717) is 17.9 Å². The van der Waals surface area contributed by atoms with Crippen LogP contribution < -0.4 is 10.2 Å². The summed E-state index contributed by atoms with van der Waals surface area (Å²) >= 11 is 0. The molecule has 4 rings (SSSR count). The molecular formula is C16H19BN2O5. The summed E-state index contributed by atoms with van der Waals surface area (Å²) in [4.78, 5) is 25.3. The van der Waals surface area contributed by atoms with E-state index >= 15 is 0 Å². The molecule has 3 fully saturated rings. The number of carbonyl (C=O) groups is 2. The Bertz CT molecular complexity index is 649. The number of nitrogens with one attached hydrogen (secondary N) is 2. The van der Waals surface area contributed by atoms with Crippen molar-refractivity contribution in [1.82, 2.24) is 5.32 Å². The van der Waals surface area contributed by atoms with Gasteiger partial charge in [0.25, 0.3) is 0 Å². The highest BCUT2D eigenvalue weighted by Gasteiger charge is 2.60. The number of rotatable bonds is 2. The van der Waals surface area contributed by atoms with Crippen LogP contribution in [0.15, 0.2) is 30.3 Å². The van der Waals surface area contributed by atoms with Gasteiger partial charge in [-0.25, -0.2) is 9.59 Å². The number of hydrogen-bond acceptors (Lipinski definition) is 6. The third-order valence-electron chi connectivity index (χ3n) is 4.86. The van der Waals surface area contributed by atoms with Gasteiger partial charge < -0.3 is 18.9 Å². The maximum atomic E-state index is 12.7. The Balaban J connectivity index is 1.53. The first-order valence-corrected chi connectivity index (χ1v) is 8.14. The van der Waals surface area contributed by atoms with E-state index in [1.165, 1.54) is 0 Å². The summed E-state index contributed by atoms with van der Waals surface area (Å²) < 4.78 is 16.4. The van der Waals surface area contributed by atoms with E-state index in [1.807, 2.05) is 30.3 Å². The minimum absolute atomic E-state index is 0.00131. The summed E-state index contributed by atoms with van der Waals surface area (Å²) in [6.07, 6.45) is 1.19. The molecule has 0 amide bonds. The fourth-order valence-electron chi connectivity index (χ4n) is 3.47. The Hall–Kier alpha value is -1.90. The van der Waals surface area contributed by atoms with Crippen molar-refractivity contribution in [3.8, 4) is 0 Å². The van der Waals surface area contributed by atoms with Crippen LogP contribution in [-0.2, 0) is 23.6 Å².